The number of rotatable bonds is 2. The molecule has 0 bridgehead atoms. The maximum Gasteiger partial charge on any atom is 0.226 e. The smallest absolute Gasteiger partial charge is 0.226 e. The van der Waals surface area contributed by atoms with E-state index in [9.17, 15) is 4.79 Å². The van der Waals surface area contributed by atoms with E-state index in [0.29, 0.717) is 6.04 Å². The van der Waals surface area contributed by atoms with Gasteiger partial charge >= 0.3 is 0 Å². The summed E-state index contributed by atoms with van der Waals surface area (Å²) in [4.78, 5) is 14.3. The molecule has 1 amide bonds. The minimum Gasteiger partial charge on any atom is -0.335 e. The molecule has 17 heavy (non-hydrogen) atoms. The van der Waals surface area contributed by atoms with Crippen molar-refractivity contribution in [2.75, 3.05) is 0 Å². The van der Waals surface area contributed by atoms with Crippen molar-refractivity contribution in [3.05, 3.63) is 35.9 Å². The standard InChI is InChI=1S/C15H21NO/c1-11-14(17)16(12(2)15(11,3)4)10-13-8-6-5-7-9-13/h5-9,11-12H,10H2,1-4H3. The van der Waals surface area contributed by atoms with Crippen LogP contribution < -0.4 is 0 Å². The molecule has 1 fully saturated rings. The van der Waals surface area contributed by atoms with Gasteiger partial charge in [0.1, 0.15) is 0 Å². The maximum absolute atomic E-state index is 12.3. The number of nitrogens with zero attached hydrogens (tertiary/aromatic N) is 1. The summed E-state index contributed by atoms with van der Waals surface area (Å²) in [7, 11) is 0. The summed E-state index contributed by atoms with van der Waals surface area (Å²) >= 11 is 0. The van der Waals surface area contributed by atoms with E-state index in [1.54, 1.807) is 0 Å². The highest BCUT2D eigenvalue weighted by molar-refractivity contribution is 5.82. The van der Waals surface area contributed by atoms with Crippen LogP contribution in [-0.4, -0.2) is 16.8 Å². The van der Waals surface area contributed by atoms with Gasteiger partial charge in [0.2, 0.25) is 5.91 Å². The molecule has 0 aliphatic carbocycles. The molecular formula is C15H21NO. The number of carbonyl (C=O) groups excluding carboxylic acids is 1. The molecule has 1 heterocycles. The van der Waals surface area contributed by atoms with Crippen LogP contribution in [0.5, 0.6) is 0 Å². The SMILES string of the molecule is CC1C(=O)N(Cc2ccccc2)C(C)C1(C)C. The number of amides is 1. The second kappa shape index (κ2) is 4.17. The van der Waals surface area contributed by atoms with Gasteiger partial charge < -0.3 is 4.90 Å². The summed E-state index contributed by atoms with van der Waals surface area (Å²) < 4.78 is 0. The van der Waals surface area contributed by atoms with E-state index >= 15 is 0 Å². The molecule has 1 aromatic carbocycles. The van der Waals surface area contributed by atoms with Gasteiger partial charge in [0.25, 0.3) is 0 Å². The van der Waals surface area contributed by atoms with E-state index in [1.807, 2.05) is 30.0 Å². The van der Waals surface area contributed by atoms with Crippen molar-refractivity contribution in [3.8, 4) is 0 Å². The van der Waals surface area contributed by atoms with Crippen LogP contribution in [0.15, 0.2) is 30.3 Å². The topological polar surface area (TPSA) is 20.3 Å². The van der Waals surface area contributed by atoms with Gasteiger partial charge in [-0.1, -0.05) is 51.1 Å². The van der Waals surface area contributed by atoms with E-state index in [4.69, 9.17) is 0 Å². The Bertz CT molecular complexity index is 410. The molecule has 1 aliphatic rings. The van der Waals surface area contributed by atoms with Gasteiger partial charge in [0.05, 0.1) is 0 Å². The first-order valence-electron chi connectivity index (χ1n) is 6.29. The number of hydrogen-bond donors (Lipinski definition) is 0. The monoisotopic (exact) mass is 231 g/mol. The summed E-state index contributed by atoms with van der Waals surface area (Å²) in [6.45, 7) is 9.30. The molecule has 1 saturated heterocycles. The van der Waals surface area contributed by atoms with Crippen LogP contribution >= 0.6 is 0 Å². The molecule has 0 aromatic heterocycles. The van der Waals surface area contributed by atoms with Gasteiger partial charge in [-0.2, -0.15) is 0 Å². The van der Waals surface area contributed by atoms with E-state index in [2.05, 4.69) is 32.9 Å². The molecule has 2 heteroatoms. The molecule has 0 saturated carbocycles. The van der Waals surface area contributed by atoms with Crippen molar-refractivity contribution in [1.29, 1.82) is 0 Å². The number of carbonyl (C=O) groups is 1. The zero-order chi connectivity index (χ0) is 12.6. The fourth-order valence-electron chi connectivity index (χ4n) is 2.52. The van der Waals surface area contributed by atoms with Crippen LogP contribution in [0.2, 0.25) is 0 Å². The van der Waals surface area contributed by atoms with E-state index in [1.165, 1.54) is 5.56 Å². The van der Waals surface area contributed by atoms with E-state index in [-0.39, 0.29) is 17.2 Å². The summed E-state index contributed by atoms with van der Waals surface area (Å²) in [5.41, 5.74) is 1.27. The lowest BCUT2D eigenvalue weighted by atomic mass is 9.78. The molecular weight excluding hydrogens is 210 g/mol. The normalized spacial score (nSPS) is 27.5. The molecule has 1 aliphatic heterocycles. The summed E-state index contributed by atoms with van der Waals surface area (Å²) in [6, 6.07) is 10.5. The first-order chi connectivity index (χ1) is 7.94. The fourth-order valence-corrected chi connectivity index (χ4v) is 2.52. The zero-order valence-corrected chi connectivity index (χ0v) is 11.1. The minimum absolute atomic E-state index is 0.0614. The Morgan fingerprint density at radius 1 is 1.18 bits per heavy atom. The molecule has 2 nitrogen and oxygen atoms in total. The first-order valence-corrected chi connectivity index (χ1v) is 6.29. The quantitative estimate of drug-likeness (QED) is 0.766. The van der Waals surface area contributed by atoms with Crippen molar-refractivity contribution in [2.45, 2.75) is 40.3 Å². The lowest BCUT2D eigenvalue weighted by molar-refractivity contribution is -0.132. The zero-order valence-electron chi connectivity index (χ0n) is 11.1. The van der Waals surface area contributed by atoms with Gasteiger partial charge in [-0.15, -0.1) is 0 Å². The van der Waals surface area contributed by atoms with Crippen LogP contribution in [0, 0.1) is 11.3 Å². The average molecular weight is 231 g/mol. The van der Waals surface area contributed by atoms with Gasteiger partial charge in [0.15, 0.2) is 0 Å². The van der Waals surface area contributed by atoms with Crippen molar-refractivity contribution >= 4 is 5.91 Å². The summed E-state index contributed by atoms with van der Waals surface area (Å²) in [5.74, 6) is 0.396. The Morgan fingerprint density at radius 3 is 2.24 bits per heavy atom. The Hall–Kier alpha value is -1.31. The van der Waals surface area contributed by atoms with Crippen molar-refractivity contribution in [3.63, 3.8) is 0 Å². The van der Waals surface area contributed by atoms with Crippen LogP contribution in [0.3, 0.4) is 0 Å². The number of hydrogen-bond acceptors (Lipinski definition) is 1. The Morgan fingerprint density at radius 2 is 1.76 bits per heavy atom. The molecule has 1 aromatic rings. The van der Waals surface area contributed by atoms with Crippen LogP contribution in [-0.2, 0) is 11.3 Å². The van der Waals surface area contributed by atoms with E-state index < -0.39 is 0 Å². The summed E-state index contributed by atoms with van der Waals surface area (Å²) in [6.07, 6.45) is 0. The fraction of sp³-hybridized carbons (Fsp3) is 0.533. The highest BCUT2D eigenvalue weighted by Crippen LogP contribution is 2.42. The van der Waals surface area contributed by atoms with Gasteiger partial charge in [-0.05, 0) is 17.9 Å². The Labute approximate surface area is 104 Å². The third kappa shape index (κ3) is 1.97. The van der Waals surface area contributed by atoms with Crippen LogP contribution in [0.4, 0.5) is 0 Å². The molecule has 92 valence electrons. The van der Waals surface area contributed by atoms with Crippen LogP contribution in [0.1, 0.15) is 33.3 Å². The Kier molecular flexibility index (Phi) is 2.98. The first kappa shape index (κ1) is 12.2. The Balaban J connectivity index is 2.20. The number of likely N-dealkylation sites (tertiary alicyclic amines) is 1. The highest BCUT2D eigenvalue weighted by Gasteiger charge is 2.48. The average Bonchev–Trinajstić information content (AvgIpc) is 2.46. The van der Waals surface area contributed by atoms with Crippen LogP contribution in [0.25, 0.3) is 0 Å². The molecule has 0 N–H and O–H groups in total. The number of benzene rings is 1. The molecule has 0 spiro atoms. The second-order valence-corrected chi connectivity index (χ2v) is 5.67. The van der Waals surface area contributed by atoms with Crippen molar-refractivity contribution in [1.82, 2.24) is 4.90 Å². The summed E-state index contributed by atoms with van der Waals surface area (Å²) in [5, 5.41) is 0. The lowest BCUT2D eigenvalue weighted by Crippen LogP contribution is -2.35. The third-order valence-electron chi connectivity index (χ3n) is 4.51. The predicted octanol–water partition coefficient (Wildman–Crippen LogP) is 3.08. The largest absolute Gasteiger partial charge is 0.335 e. The predicted molar refractivity (Wildman–Crippen MR) is 69.4 cm³/mol. The lowest BCUT2D eigenvalue weighted by Gasteiger charge is -2.30. The second-order valence-electron chi connectivity index (χ2n) is 5.67. The highest BCUT2D eigenvalue weighted by atomic mass is 16.2. The van der Waals surface area contributed by atoms with Crippen molar-refractivity contribution in [2.24, 2.45) is 11.3 Å². The van der Waals surface area contributed by atoms with Crippen molar-refractivity contribution < 1.29 is 4.79 Å². The maximum atomic E-state index is 12.3. The van der Waals surface area contributed by atoms with Gasteiger partial charge in [0, 0.05) is 18.5 Å². The third-order valence-corrected chi connectivity index (χ3v) is 4.51. The minimum atomic E-state index is 0.0614. The molecule has 0 radical (unpaired) electrons. The van der Waals surface area contributed by atoms with Gasteiger partial charge in [-0.25, -0.2) is 0 Å². The molecule has 2 unspecified atom stereocenters. The molecule has 2 atom stereocenters. The van der Waals surface area contributed by atoms with Gasteiger partial charge in [-0.3, -0.25) is 4.79 Å². The molecule has 2 rings (SSSR count). The van der Waals surface area contributed by atoms with E-state index in [0.717, 1.165) is 6.54 Å².